The Kier molecular flexibility index (Phi) is 7.30. The highest BCUT2D eigenvalue weighted by Gasteiger charge is 2.52. The topological polar surface area (TPSA) is 84.9 Å². The molecule has 3 atom stereocenters. The first kappa shape index (κ1) is 23.5. The summed E-state index contributed by atoms with van der Waals surface area (Å²) in [6.45, 7) is 5.16. The predicted molar refractivity (Wildman–Crippen MR) is 118 cm³/mol. The van der Waals surface area contributed by atoms with Crippen molar-refractivity contribution in [1.29, 1.82) is 0 Å². The molecule has 0 bridgehead atoms. The molecule has 0 radical (unpaired) electrons. The minimum atomic E-state index is -1.54. The van der Waals surface area contributed by atoms with Gasteiger partial charge in [0.05, 0.1) is 30.3 Å². The average Bonchev–Trinajstić information content (AvgIpc) is 2.74. The molecule has 2 aromatic rings. The fourth-order valence-corrected chi connectivity index (χ4v) is 4.19. The lowest BCUT2D eigenvalue weighted by molar-refractivity contribution is -0.159. The second kappa shape index (κ2) is 9.96. The number of carbonyl (C=O) groups is 2. The number of benzene rings is 2. The van der Waals surface area contributed by atoms with Gasteiger partial charge >= 0.3 is 11.9 Å². The Morgan fingerprint density at radius 1 is 1.06 bits per heavy atom. The molecule has 0 aliphatic heterocycles. The average molecular weight is 441 g/mol. The largest absolute Gasteiger partial charge is 0.466 e. The van der Waals surface area contributed by atoms with E-state index in [0.29, 0.717) is 16.9 Å². The molecule has 1 aliphatic rings. The number of nitrogens with one attached hydrogen (secondary N) is 1. The summed E-state index contributed by atoms with van der Waals surface area (Å²) in [4.78, 5) is 26.2. The summed E-state index contributed by atoms with van der Waals surface area (Å²) in [6.07, 6.45) is -0.00276. The van der Waals surface area contributed by atoms with Crippen LogP contribution in [0.25, 0.3) is 0 Å². The molecular formula is C25H28FNO5. The fraction of sp³-hybridized carbons (Fsp3) is 0.360. The van der Waals surface area contributed by atoms with Crippen LogP contribution in [0.2, 0.25) is 0 Å². The maximum atomic E-state index is 13.7. The smallest absolute Gasteiger partial charge is 0.336 e. The summed E-state index contributed by atoms with van der Waals surface area (Å²) < 4.78 is 24.3. The molecular weight excluding hydrogens is 413 g/mol. The Labute approximate surface area is 187 Å². The van der Waals surface area contributed by atoms with Crippen molar-refractivity contribution in [3.05, 3.63) is 77.2 Å². The molecule has 0 saturated heterocycles. The molecule has 2 aromatic carbocycles. The minimum Gasteiger partial charge on any atom is -0.466 e. The van der Waals surface area contributed by atoms with E-state index in [1.807, 2.05) is 30.3 Å². The van der Waals surface area contributed by atoms with Crippen LogP contribution in [-0.4, -0.2) is 35.9 Å². The standard InChI is InChI=1S/C25H28FNO5/c1-4-31-23(28)21-19(27-18-9-7-6-8-10-18)15-25(3,30)22(24(29)32-5-2)20(21)16-11-13-17(26)14-12-16/h6-14,20,22,27,30H,4-5,15H2,1-3H3/t20-,22-,25+/m1/s1. The van der Waals surface area contributed by atoms with Gasteiger partial charge < -0.3 is 19.9 Å². The van der Waals surface area contributed by atoms with Crippen molar-refractivity contribution in [3.8, 4) is 0 Å². The van der Waals surface area contributed by atoms with Gasteiger partial charge in [0.25, 0.3) is 0 Å². The van der Waals surface area contributed by atoms with Gasteiger partial charge in [0.1, 0.15) is 5.82 Å². The Hall–Kier alpha value is -3.19. The van der Waals surface area contributed by atoms with Crippen LogP contribution in [0.4, 0.5) is 10.1 Å². The van der Waals surface area contributed by atoms with Crippen molar-refractivity contribution >= 4 is 17.6 Å². The quantitative estimate of drug-likeness (QED) is 0.628. The first-order valence-electron chi connectivity index (χ1n) is 10.6. The molecule has 6 nitrogen and oxygen atoms in total. The van der Waals surface area contributed by atoms with Gasteiger partial charge in [-0.2, -0.15) is 0 Å². The van der Waals surface area contributed by atoms with Crippen LogP contribution in [0.1, 0.15) is 38.7 Å². The van der Waals surface area contributed by atoms with Crippen LogP contribution in [0, 0.1) is 11.7 Å². The highest BCUT2D eigenvalue weighted by atomic mass is 19.1. The molecule has 32 heavy (non-hydrogen) atoms. The van der Waals surface area contributed by atoms with Crippen LogP contribution >= 0.6 is 0 Å². The van der Waals surface area contributed by atoms with Gasteiger partial charge in [-0.1, -0.05) is 30.3 Å². The molecule has 2 N–H and O–H groups in total. The number of esters is 2. The molecule has 170 valence electrons. The zero-order chi connectivity index (χ0) is 23.3. The Balaban J connectivity index is 2.23. The number of hydrogen-bond donors (Lipinski definition) is 2. The van der Waals surface area contributed by atoms with E-state index in [1.165, 1.54) is 24.3 Å². The van der Waals surface area contributed by atoms with Crippen molar-refractivity contribution in [2.45, 2.75) is 38.7 Å². The summed E-state index contributed by atoms with van der Waals surface area (Å²) >= 11 is 0. The number of anilines is 1. The normalized spacial score (nSPS) is 22.9. The van der Waals surface area contributed by atoms with E-state index < -0.39 is 35.2 Å². The second-order valence-corrected chi connectivity index (χ2v) is 7.90. The van der Waals surface area contributed by atoms with Crippen molar-refractivity contribution in [2.75, 3.05) is 18.5 Å². The van der Waals surface area contributed by atoms with E-state index >= 15 is 0 Å². The summed E-state index contributed by atoms with van der Waals surface area (Å²) in [5, 5.41) is 14.6. The maximum Gasteiger partial charge on any atom is 0.336 e. The maximum absolute atomic E-state index is 13.7. The Bertz CT molecular complexity index is 985. The number of halogens is 1. The lowest BCUT2D eigenvalue weighted by atomic mass is 9.66. The molecule has 0 aromatic heterocycles. The third-order valence-electron chi connectivity index (χ3n) is 5.51. The number of aliphatic hydroxyl groups is 1. The first-order chi connectivity index (χ1) is 15.3. The van der Waals surface area contributed by atoms with Crippen LogP contribution in [0.15, 0.2) is 65.9 Å². The third kappa shape index (κ3) is 4.99. The monoisotopic (exact) mass is 441 g/mol. The number of ether oxygens (including phenoxy) is 2. The van der Waals surface area contributed by atoms with E-state index in [-0.39, 0.29) is 25.2 Å². The second-order valence-electron chi connectivity index (χ2n) is 7.90. The van der Waals surface area contributed by atoms with E-state index in [1.54, 1.807) is 20.8 Å². The predicted octanol–water partition coefficient (Wildman–Crippen LogP) is 4.17. The zero-order valence-electron chi connectivity index (χ0n) is 18.4. The van der Waals surface area contributed by atoms with Crippen molar-refractivity contribution in [2.24, 2.45) is 5.92 Å². The molecule has 0 saturated carbocycles. The Morgan fingerprint density at radius 2 is 1.69 bits per heavy atom. The summed E-state index contributed by atoms with van der Waals surface area (Å²) in [6, 6.07) is 14.7. The highest BCUT2D eigenvalue weighted by Crippen LogP contribution is 2.48. The number of rotatable bonds is 7. The summed E-state index contributed by atoms with van der Waals surface area (Å²) in [7, 11) is 0. The zero-order valence-corrected chi connectivity index (χ0v) is 18.4. The molecule has 0 unspecified atom stereocenters. The SMILES string of the molecule is CCOC(=O)C1=C(Nc2ccccc2)C[C@](C)(O)[C@@H](C(=O)OCC)[C@@H]1c1ccc(F)cc1. The molecule has 0 heterocycles. The van der Waals surface area contributed by atoms with Crippen molar-refractivity contribution < 1.29 is 28.6 Å². The van der Waals surface area contributed by atoms with Crippen LogP contribution in [-0.2, 0) is 19.1 Å². The van der Waals surface area contributed by atoms with Crippen LogP contribution in [0.5, 0.6) is 0 Å². The van der Waals surface area contributed by atoms with Crippen molar-refractivity contribution in [3.63, 3.8) is 0 Å². The molecule has 1 aliphatic carbocycles. The lowest BCUT2D eigenvalue weighted by Gasteiger charge is -2.43. The van der Waals surface area contributed by atoms with Crippen LogP contribution in [0.3, 0.4) is 0 Å². The van der Waals surface area contributed by atoms with Gasteiger partial charge in [-0.3, -0.25) is 4.79 Å². The summed E-state index contributed by atoms with van der Waals surface area (Å²) in [5.41, 5.74) is 0.326. The number of hydrogen-bond acceptors (Lipinski definition) is 6. The van der Waals surface area contributed by atoms with Crippen LogP contribution < -0.4 is 5.32 Å². The van der Waals surface area contributed by atoms with E-state index in [9.17, 15) is 19.1 Å². The van der Waals surface area contributed by atoms with Gasteiger partial charge in [0.15, 0.2) is 0 Å². The number of para-hydroxylation sites is 1. The number of carbonyl (C=O) groups excluding carboxylic acids is 2. The first-order valence-corrected chi connectivity index (χ1v) is 10.6. The Morgan fingerprint density at radius 3 is 2.28 bits per heavy atom. The molecule has 3 rings (SSSR count). The van der Waals surface area contributed by atoms with E-state index in [0.717, 1.165) is 0 Å². The third-order valence-corrected chi connectivity index (χ3v) is 5.51. The summed E-state index contributed by atoms with van der Waals surface area (Å²) in [5.74, 6) is -3.68. The van der Waals surface area contributed by atoms with Gasteiger partial charge in [0.2, 0.25) is 0 Å². The lowest BCUT2D eigenvalue weighted by Crippen LogP contribution is -2.49. The van der Waals surface area contributed by atoms with E-state index in [2.05, 4.69) is 5.32 Å². The van der Waals surface area contributed by atoms with Crippen molar-refractivity contribution in [1.82, 2.24) is 0 Å². The molecule has 0 fully saturated rings. The molecule has 0 amide bonds. The minimum absolute atomic E-state index is 0.00276. The van der Waals surface area contributed by atoms with Gasteiger partial charge in [-0.25, -0.2) is 9.18 Å². The fourth-order valence-electron chi connectivity index (χ4n) is 4.19. The van der Waals surface area contributed by atoms with Gasteiger partial charge in [0, 0.05) is 23.7 Å². The van der Waals surface area contributed by atoms with Gasteiger partial charge in [-0.15, -0.1) is 0 Å². The van der Waals surface area contributed by atoms with E-state index in [4.69, 9.17) is 9.47 Å². The highest BCUT2D eigenvalue weighted by molar-refractivity contribution is 5.94. The molecule has 0 spiro atoms. The molecule has 7 heteroatoms. The van der Waals surface area contributed by atoms with Gasteiger partial charge in [-0.05, 0) is 50.6 Å².